The van der Waals surface area contributed by atoms with Crippen molar-refractivity contribution in [1.82, 2.24) is 14.8 Å². The summed E-state index contributed by atoms with van der Waals surface area (Å²) in [6.45, 7) is 7.01. The number of amides is 1. The van der Waals surface area contributed by atoms with Crippen LogP contribution in [-0.2, 0) is 11.3 Å². The molecular weight excluding hydrogens is 408 g/mol. The molecule has 1 aliphatic heterocycles. The van der Waals surface area contributed by atoms with Gasteiger partial charge in [-0.2, -0.15) is 0 Å². The normalized spacial score (nSPS) is 15.0. The summed E-state index contributed by atoms with van der Waals surface area (Å²) in [7, 11) is 1.69. The number of nitrogens with zero attached hydrogens (tertiary/aromatic N) is 3. The van der Waals surface area contributed by atoms with E-state index in [9.17, 15) is 4.79 Å². The van der Waals surface area contributed by atoms with E-state index in [4.69, 9.17) is 4.74 Å². The SMILES string of the molecule is COc1cccc(CN2CCN(CC(=O)Nc3nc(-c4ccc(C)cc4)cs3)CC2)c1. The molecule has 1 fully saturated rings. The third kappa shape index (κ3) is 5.91. The van der Waals surface area contributed by atoms with Crippen molar-refractivity contribution in [2.75, 3.05) is 45.2 Å². The molecule has 0 spiro atoms. The lowest BCUT2D eigenvalue weighted by Gasteiger charge is -2.34. The lowest BCUT2D eigenvalue weighted by Crippen LogP contribution is -2.48. The van der Waals surface area contributed by atoms with E-state index in [0.717, 1.165) is 49.7 Å². The number of piperazine rings is 1. The fourth-order valence-electron chi connectivity index (χ4n) is 3.68. The number of hydrogen-bond acceptors (Lipinski definition) is 6. The first kappa shape index (κ1) is 21.5. The molecule has 0 bridgehead atoms. The Morgan fingerprint density at radius 2 is 1.84 bits per heavy atom. The van der Waals surface area contributed by atoms with E-state index in [-0.39, 0.29) is 5.91 Å². The van der Waals surface area contributed by atoms with Crippen molar-refractivity contribution in [3.8, 4) is 17.0 Å². The number of thiazole rings is 1. The second-order valence-corrected chi connectivity index (χ2v) is 8.71. The highest BCUT2D eigenvalue weighted by atomic mass is 32.1. The predicted octanol–water partition coefficient (Wildman–Crippen LogP) is 3.88. The molecule has 7 heteroatoms. The van der Waals surface area contributed by atoms with Crippen LogP contribution in [0.1, 0.15) is 11.1 Å². The minimum absolute atomic E-state index is 0.00829. The number of carbonyl (C=O) groups is 1. The van der Waals surface area contributed by atoms with Crippen LogP contribution in [0.5, 0.6) is 5.75 Å². The van der Waals surface area contributed by atoms with Crippen molar-refractivity contribution in [3.63, 3.8) is 0 Å². The van der Waals surface area contributed by atoms with Crippen molar-refractivity contribution < 1.29 is 9.53 Å². The largest absolute Gasteiger partial charge is 0.497 e. The minimum atomic E-state index is -0.00829. The average molecular weight is 437 g/mol. The van der Waals surface area contributed by atoms with Gasteiger partial charge in [-0.1, -0.05) is 42.0 Å². The smallest absolute Gasteiger partial charge is 0.240 e. The Bertz CT molecular complexity index is 1010. The van der Waals surface area contributed by atoms with Gasteiger partial charge in [-0.05, 0) is 24.6 Å². The number of aromatic nitrogens is 1. The molecule has 0 aliphatic carbocycles. The number of nitrogens with one attached hydrogen (secondary N) is 1. The fraction of sp³-hybridized carbons (Fsp3) is 0.333. The lowest BCUT2D eigenvalue weighted by molar-refractivity contribution is -0.117. The van der Waals surface area contributed by atoms with Gasteiger partial charge in [0, 0.05) is 43.7 Å². The van der Waals surface area contributed by atoms with Gasteiger partial charge in [0.25, 0.3) is 0 Å². The molecule has 4 rings (SSSR count). The molecule has 3 aromatic rings. The van der Waals surface area contributed by atoms with Crippen LogP contribution in [0.3, 0.4) is 0 Å². The summed E-state index contributed by atoms with van der Waals surface area (Å²) in [6, 6.07) is 16.5. The molecule has 0 saturated carbocycles. The molecule has 1 aliphatic rings. The van der Waals surface area contributed by atoms with E-state index in [2.05, 4.69) is 63.4 Å². The zero-order valence-electron chi connectivity index (χ0n) is 18.0. The highest BCUT2D eigenvalue weighted by molar-refractivity contribution is 7.14. The third-order valence-corrected chi connectivity index (χ3v) is 6.23. The lowest BCUT2D eigenvalue weighted by atomic mass is 10.1. The van der Waals surface area contributed by atoms with Crippen molar-refractivity contribution in [1.29, 1.82) is 0 Å². The first-order valence-electron chi connectivity index (χ1n) is 10.5. The van der Waals surface area contributed by atoms with E-state index in [1.54, 1.807) is 7.11 Å². The van der Waals surface area contributed by atoms with Gasteiger partial charge in [-0.3, -0.25) is 14.6 Å². The Hall–Kier alpha value is -2.74. The summed E-state index contributed by atoms with van der Waals surface area (Å²) >= 11 is 1.46. The van der Waals surface area contributed by atoms with Gasteiger partial charge in [0.1, 0.15) is 5.75 Å². The van der Waals surface area contributed by atoms with E-state index in [1.165, 1.54) is 22.5 Å². The molecule has 0 atom stereocenters. The Kier molecular flexibility index (Phi) is 6.96. The van der Waals surface area contributed by atoms with Gasteiger partial charge in [0.15, 0.2) is 5.13 Å². The van der Waals surface area contributed by atoms with Gasteiger partial charge in [0.05, 0.1) is 19.3 Å². The molecule has 6 nitrogen and oxygen atoms in total. The van der Waals surface area contributed by atoms with Crippen molar-refractivity contribution in [3.05, 3.63) is 65.0 Å². The predicted molar refractivity (Wildman–Crippen MR) is 126 cm³/mol. The van der Waals surface area contributed by atoms with Crippen LogP contribution in [0.15, 0.2) is 53.9 Å². The number of benzene rings is 2. The summed E-state index contributed by atoms with van der Waals surface area (Å²) in [6.07, 6.45) is 0. The van der Waals surface area contributed by atoms with E-state index in [0.29, 0.717) is 11.7 Å². The molecule has 1 aromatic heterocycles. The Morgan fingerprint density at radius 3 is 2.58 bits per heavy atom. The maximum absolute atomic E-state index is 12.5. The molecule has 1 amide bonds. The van der Waals surface area contributed by atoms with E-state index in [1.807, 2.05) is 17.5 Å². The van der Waals surface area contributed by atoms with Crippen LogP contribution >= 0.6 is 11.3 Å². The molecule has 2 aromatic carbocycles. The molecule has 2 heterocycles. The quantitative estimate of drug-likeness (QED) is 0.609. The van der Waals surface area contributed by atoms with Crippen LogP contribution in [-0.4, -0.2) is 60.5 Å². The highest BCUT2D eigenvalue weighted by Crippen LogP contribution is 2.25. The Labute approximate surface area is 187 Å². The molecule has 162 valence electrons. The number of ether oxygens (including phenoxy) is 1. The van der Waals surface area contributed by atoms with Crippen molar-refractivity contribution >= 4 is 22.4 Å². The number of carbonyl (C=O) groups excluding carboxylic acids is 1. The Balaban J connectivity index is 1.23. The van der Waals surface area contributed by atoms with Gasteiger partial charge in [0.2, 0.25) is 5.91 Å². The minimum Gasteiger partial charge on any atom is -0.497 e. The first-order chi connectivity index (χ1) is 15.1. The number of hydrogen-bond donors (Lipinski definition) is 1. The monoisotopic (exact) mass is 436 g/mol. The summed E-state index contributed by atoms with van der Waals surface area (Å²) in [5.41, 5.74) is 4.43. The second kappa shape index (κ2) is 10.0. The van der Waals surface area contributed by atoms with E-state index < -0.39 is 0 Å². The summed E-state index contributed by atoms with van der Waals surface area (Å²) in [4.78, 5) is 21.7. The number of anilines is 1. The average Bonchev–Trinajstić information content (AvgIpc) is 3.24. The van der Waals surface area contributed by atoms with E-state index >= 15 is 0 Å². The van der Waals surface area contributed by atoms with Crippen molar-refractivity contribution in [2.45, 2.75) is 13.5 Å². The zero-order valence-corrected chi connectivity index (χ0v) is 18.8. The number of methoxy groups -OCH3 is 1. The van der Waals surface area contributed by atoms with Crippen LogP contribution in [0.2, 0.25) is 0 Å². The summed E-state index contributed by atoms with van der Waals surface area (Å²) < 4.78 is 5.31. The highest BCUT2D eigenvalue weighted by Gasteiger charge is 2.19. The Morgan fingerprint density at radius 1 is 1.10 bits per heavy atom. The molecule has 1 N–H and O–H groups in total. The number of rotatable bonds is 7. The van der Waals surface area contributed by atoms with Crippen molar-refractivity contribution in [2.24, 2.45) is 0 Å². The van der Waals surface area contributed by atoms with Gasteiger partial charge >= 0.3 is 0 Å². The molecular formula is C24H28N4O2S. The second-order valence-electron chi connectivity index (χ2n) is 7.86. The van der Waals surface area contributed by atoms with Crippen LogP contribution in [0.4, 0.5) is 5.13 Å². The molecule has 1 saturated heterocycles. The summed E-state index contributed by atoms with van der Waals surface area (Å²) in [5, 5.41) is 5.59. The first-order valence-corrected chi connectivity index (χ1v) is 11.4. The zero-order chi connectivity index (χ0) is 21.6. The maximum atomic E-state index is 12.5. The van der Waals surface area contributed by atoms with Gasteiger partial charge in [-0.25, -0.2) is 4.98 Å². The third-order valence-electron chi connectivity index (χ3n) is 5.47. The topological polar surface area (TPSA) is 57.7 Å². The standard InChI is InChI=1S/C24H28N4O2S/c1-18-6-8-20(9-7-18)22-17-31-24(25-22)26-23(29)16-28-12-10-27(11-13-28)15-19-4-3-5-21(14-19)30-2/h3-9,14,17H,10-13,15-16H2,1-2H3,(H,25,26,29). The molecule has 31 heavy (non-hydrogen) atoms. The number of aryl methyl sites for hydroxylation is 1. The summed E-state index contributed by atoms with van der Waals surface area (Å²) in [5.74, 6) is 0.881. The van der Waals surface area contributed by atoms with Crippen LogP contribution in [0, 0.1) is 6.92 Å². The van der Waals surface area contributed by atoms with Gasteiger partial charge in [-0.15, -0.1) is 11.3 Å². The molecule has 0 unspecified atom stereocenters. The molecule has 0 radical (unpaired) electrons. The fourth-order valence-corrected chi connectivity index (χ4v) is 4.42. The van der Waals surface area contributed by atoms with Crippen LogP contribution < -0.4 is 10.1 Å². The van der Waals surface area contributed by atoms with Crippen LogP contribution in [0.25, 0.3) is 11.3 Å². The van der Waals surface area contributed by atoms with Gasteiger partial charge < -0.3 is 10.1 Å². The maximum Gasteiger partial charge on any atom is 0.240 e.